The molecule has 0 spiro atoms. The molecule has 0 amide bonds. The molecule has 7 heteroatoms. The third-order valence-electron chi connectivity index (χ3n) is 4.25. The van der Waals surface area contributed by atoms with Gasteiger partial charge >= 0.3 is 0 Å². The van der Waals surface area contributed by atoms with E-state index in [0.29, 0.717) is 13.2 Å². The molecule has 4 rings (SSSR count). The molecule has 23 heavy (non-hydrogen) atoms. The predicted octanol–water partition coefficient (Wildman–Crippen LogP) is 1.64. The average molecular weight is 310 g/mol. The van der Waals surface area contributed by atoms with Crippen molar-refractivity contribution >= 4 is 16.7 Å². The van der Waals surface area contributed by atoms with Crippen molar-refractivity contribution in [3.8, 4) is 0 Å². The normalized spacial score (nSPS) is 18.5. The van der Waals surface area contributed by atoms with Crippen molar-refractivity contribution in [2.45, 2.75) is 13.0 Å². The summed E-state index contributed by atoms with van der Waals surface area (Å²) in [5.74, 6) is 1.79. The largest absolute Gasteiger partial charge is 0.366 e. The van der Waals surface area contributed by atoms with Crippen molar-refractivity contribution in [3.05, 3.63) is 42.2 Å². The van der Waals surface area contributed by atoms with E-state index in [4.69, 9.17) is 4.74 Å². The number of rotatable bonds is 2. The smallest absolute Gasteiger partial charge is 0.163 e. The summed E-state index contributed by atoms with van der Waals surface area (Å²) in [5, 5.41) is 9.19. The van der Waals surface area contributed by atoms with Gasteiger partial charge in [-0.05, 0) is 18.6 Å². The zero-order valence-corrected chi connectivity index (χ0v) is 13.2. The minimum atomic E-state index is -0.105. The molecule has 1 aliphatic heterocycles. The van der Waals surface area contributed by atoms with Crippen LogP contribution < -0.4 is 4.90 Å². The van der Waals surface area contributed by atoms with Crippen molar-refractivity contribution in [3.63, 3.8) is 0 Å². The van der Waals surface area contributed by atoms with E-state index in [2.05, 4.69) is 44.1 Å². The second-order valence-corrected chi connectivity index (χ2v) is 5.77. The minimum absolute atomic E-state index is 0.105. The van der Waals surface area contributed by atoms with Gasteiger partial charge in [-0.25, -0.2) is 9.97 Å². The Morgan fingerprint density at radius 2 is 2.17 bits per heavy atom. The summed E-state index contributed by atoms with van der Waals surface area (Å²) in [7, 11) is 1.93. The molecule has 3 heterocycles. The number of fused-ring (bicyclic) bond motifs is 1. The van der Waals surface area contributed by atoms with Crippen LogP contribution in [0.2, 0.25) is 0 Å². The maximum atomic E-state index is 5.88. The van der Waals surface area contributed by atoms with Crippen LogP contribution in [0.5, 0.6) is 0 Å². The molecule has 0 aliphatic carbocycles. The Morgan fingerprint density at radius 1 is 1.26 bits per heavy atom. The highest BCUT2D eigenvalue weighted by Gasteiger charge is 2.27. The summed E-state index contributed by atoms with van der Waals surface area (Å²) in [6.45, 7) is 4.20. The van der Waals surface area contributed by atoms with Crippen LogP contribution in [0.4, 0.5) is 5.82 Å². The summed E-state index contributed by atoms with van der Waals surface area (Å²) in [6, 6.07) is 6.19. The second kappa shape index (κ2) is 5.58. The molecule has 0 saturated carbocycles. The van der Waals surface area contributed by atoms with Crippen molar-refractivity contribution in [1.29, 1.82) is 0 Å². The van der Waals surface area contributed by atoms with Crippen LogP contribution in [0.1, 0.15) is 17.5 Å². The third-order valence-corrected chi connectivity index (χ3v) is 4.25. The van der Waals surface area contributed by atoms with E-state index in [0.717, 1.165) is 34.7 Å². The van der Waals surface area contributed by atoms with Crippen molar-refractivity contribution in [2.24, 2.45) is 7.05 Å². The van der Waals surface area contributed by atoms with Gasteiger partial charge < -0.3 is 14.2 Å². The molecule has 118 valence electrons. The number of benzene rings is 1. The number of anilines is 1. The van der Waals surface area contributed by atoms with Crippen LogP contribution in [-0.2, 0) is 11.8 Å². The number of hydrogen-bond acceptors (Lipinski definition) is 6. The van der Waals surface area contributed by atoms with Gasteiger partial charge in [0.2, 0.25) is 0 Å². The van der Waals surface area contributed by atoms with Crippen LogP contribution in [0.3, 0.4) is 0 Å². The van der Waals surface area contributed by atoms with Crippen LogP contribution in [0.15, 0.2) is 30.9 Å². The molecule has 2 aromatic heterocycles. The fourth-order valence-electron chi connectivity index (χ4n) is 3.06. The number of aromatic nitrogens is 5. The minimum Gasteiger partial charge on any atom is -0.366 e. The molecule has 1 saturated heterocycles. The standard InChI is InChI=1S/C16H18N6O/c1-11-4-3-5-12-14(11)17-9-18-15(12)22-6-7-23-13(8-22)16-20-19-10-21(16)2/h3-5,9-10,13H,6-8H2,1-2H3. The van der Waals surface area contributed by atoms with E-state index >= 15 is 0 Å². The van der Waals surface area contributed by atoms with E-state index in [9.17, 15) is 0 Å². The van der Waals surface area contributed by atoms with Gasteiger partial charge in [0.15, 0.2) is 5.82 Å². The first-order chi connectivity index (χ1) is 11.2. The van der Waals surface area contributed by atoms with E-state index < -0.39 is 0 Å². The topological polar surface area (TPSA) is 69.0 Å². The zero-order valence-electron chi connectivity index (χ0n) is 13.2. The molecule has 0 radical (unpaired) electrons. The number of aryl methyl sites for hydroxylation is 2. The summed E-state index contributed by atoms with van der Waals surface area (Å²) >= 11 is 0. The maximum absolute atomic E-state index is 5.88. The van der Waals surface area contributed by atoms with Gasteiger partial charge in [-0.3, -0.25) is 0 Å². The number of nitrogens with zero attached hydrogens (tertiary/aromatic N) is 6. The lowest BCUT2D eigenvalue weighted by Crippen LogP contribution is -2.39. The van der Waals surface area contributed by atoms with Gasteiger partial charge in [-0.1, -0.05) is 12.1 Å². The van der Waals surface area contributed by atoms with E-state index in [1.807, 2.05) is 17.7 Å². The van der Waals surface area contributed by atoms with Crippen molar-refractivity contribution in [2.75, 3.05) is 24.6 Å². The quantitative estimate of drug-likeness (QED) is 0.717. The molecule has 1 aliphatic rings. The monoisotopic (exact) mass is 310 g/mol. The zero-order chi connectivity index (χ0) is 15.8. The molecular weight excluding hydrogens is 292 g/mol. The number of hydrogen-bond donors (Lipinski definition) is 0. The molecule has 1 unspecified atom stereocenters. The fraction of sp³-hybridized carbons (Fsp3) is 0.375. The van der Waals surface area contributed by atoms with Gasteiger partial charge in [-0.2, -0.15) is 0 Å². The number of morpholine rings is 1. The first-order valence-corrected chi connectivity index (χ1v) is 7.65. The lowest BCUT2D eigenvalue weighted by atomic mass is 10.1. The Labute approximate surface area is 133 Å². The predicted molar refractivity (Wildman–Crippen MR) is 86.2 cm³/mol. The van der Waals surface area contributed by atoms with Crippen molar-refractivity contribution in [1.82, 2.24) is 24.7 Å². The first-order valence-electron chi connectivity index (χ1n) is 7.65. The molecule has 0 N–H and O–H groups in total. The van der Waals surface area contributed by atoms with Crippen LogP contribution >= 0.6 is 0 Å². The van der Waals surface area contributed by atoms with Gasteiger partial charge in [0.25, 0.3) is 0 Å². The van der Waals surface area contributed by atoms with Crippen LogP contribution in [0, 0.1) is 6.92 Å². The third kappa shape index (κ3) is 2.43. The summed E-state index contributed by atoms with van der Waals surface area (Å²) in [5.41, 5.74) is 2.16. The van der Waals surface area contributed by atoms with E-state index in [-0.39, 0.29) is 6.10 Å². The lowest BCUT2D eigenvalue weighted by molar-refractivity contribution is 0.0319. The maximum Gasteiger partial charge on any atom is 0.163 e. The average Bonchev–Trinajstić information content (AvgIpc) is 3.01. The summed E-state index contributed by atoms with van der Waals surface area (Å²) < 4.78 is 7.78. The number of ether oxygens (including phenoxy) is 1. The van der Waals surface area contributed by atoms with Crippen LogP contribution in [0.25, 0.3) is 10.9 Å². The van der Waals surface area contributed by atoms with Gasteiger partial charge in [-0.15, -0.1) is 10.2 Å². The van der Waals surface area contributed by atoms with Crippen LogP contribution in [-0.4, -0.2) is 44.4 Å². The molecule has 7 nitrogen and oxygen atoms in total. The highest BCUT2D eigenvalue weighted by molar-refractivity contribution is 5.91. The summed E-state index contributed by atoms with van der Waals surface area (Å²) in [6.07, 6.45) is 3.23. The molecule has 3 aromatic rings. The van der Waals surface area contributed by atoms with Gasteiger partial charge in [0, 0.05) is 19.0 Å². The van der Waals surface area contributed by atoms with Gasteiger partial charge in [0.1, 0.15) is 24.6 Å². The Morgan fingerprint density at radius 3 is 3.00 bits per heavy atom. The van der Waals surface area contributed by atoms with Gasteiger partial charge in [0.05, 0.1) is 18.7 Å². The Balaban J connectivity index is 1.71. The second-order valence-electron chi connectivity index (χ2n) is 5.77. The number of para-hydroxylation sites is 1. The Hall–Kier alpha value is -2.54. The highest BCUT2D eigenvalue weighted by atomic mass is 16.5. The molecule has 1 aromatic carbocycles. The SMILES string of the molecule is Cc1cccc2c(N3CCOC(c4nncn4C)C3)ncnc12. The molecule has 1 atom stereocenters. The first kappa shape index (κ1) is 14.1. The fourth-order valence-corrected chi connectivity index (χ4v) is 3.06. The van der Waals surface area contributed by atoms with E-state index in [1.165, 1.54) is 0 Å². The molecule has 1 fully saturated rings. The highest BCUT2D eigenvalue weighted by Crippen LogP contribution is 2.29. The lowest BCUT2D eigenvalue weighted by Gasteiger charge is -2.33. The molecule has 0 bridgehead atoms. The summed E-state index contributed by atoms with van der Waals surface area (Å²) in [4.78, 5) is 11.2. The molecular formula is C16H18N6O. The van der Waals surface area contributed by atoms with Crippen molar-refractivity contribution < 1.29 is 4.74 Å². The Bertz CT molecular complexity index is 845. The Kier molecular flexibility index (Phi) is 3.42. The van der Waals surface area contributed by atoms with E-state index in [1.54, 1.807) is 12.7 Å².